The average molecular weight is 296 g/mol. The van der Waals surface area contributed by atoms with E-state index in [1.54, 1.807) is 0 Å². The number of fused-ring (bicyclic) bond motifs is 3. The zero-order valence-electron chi connectivity index (χ0n) is 12.3. The van der Waals surface area contributed by atoms with Gasteiger partial charge < -0.3 is 10.0 Å². The van der Waals surface area contributed by atoms with Crippen LogP contribution >= 0.6 is 0 Å². The molecule has 5 rings (SSSR count). The molecule has 0 saturated carbocycles. The summed E-state index contributed by atoms with van der Waals surface area (Å²) in [5, 5.41) is 28.6. The van der Waals surface area contributed by atoms with Crippen molar-refractivity contribution in [1.29, 1.82) is 0 Å². The smallest absolute Gasteiger partial charge is 0.423 e. The highest BCUT2D eigenvalue weighted by Crippen LogP contribution is 2.39. The summed E-state index contributed by atoms with van der Waals surface area (Å²) >= 11 is 0. The van der Waals surface area contributed by atoms with Crippen LogP contribution in [0.4, 0.5) is 0 Å². The van der Waals surface area contributed by atoms with Crippen LogP contribution in [0.15, 0.2) is 66.7 Å². The summed E-state index contributed by atoms with van der Waals surface area (Å²) in [6.45, 7) is 0. The van der Waals surface area contributed by atoms with Crippen molar-refractivity contribution >= 4 is 55.7 Å². The molecule has 2 N–H and O–H groups in total. The minimum atomic E-state index is -1.47. The predicted molar refractivity (Wildman–Crippen MR) is 97.5 cm³/mol. The van der Waals surface area contributed by atoms with E-state index in [1.165, 1.54) is 26.9 Å². The van der Waals surface area contributed by atoms with Crippen LogP contribution in [0.3, 0.4) is 0 Å². The standard InChI is InChI=1S/C20H13BO2/c22-21(23)18-11-10-16-14-6-2-1-5-13(14)15-7-3-4-12-8-9-17(18)20(16)19(12)15/h1-11,22-23H. The topological polar surface area (TPSA) is 40.5 Å². The molecule has 5 aromatic rings. The molecule has 2 nitrogen and oxygen atoms in total. The van der Waals surface area contributed by atoms with E-state index in [1.807, 2.05) is 24.3 Å². The van der Waals surface area contributed by atoms with Crippen LogP contribution in [0.2, 0.25) is 0 Å². The molecular formula is C20H13BO2. The second kappa shape index (κ2) is 4.45. The Labute approximate surface area is 133 Å². The second-order valence-electron chi connectivity index (χ2n) is 6.01. The molecule has 0 aliphatic carbocycles. The predicted octanol–water partition coefficient (Wildman–Crippen LogP) is 3.42. The molecule has 0 aliphatic rings. The van der Waals surface area contributed by atoms with Gasteiger partial charge in [0, 0.05) is 0 Å². The lowest BCUT2D eigenvalue weighted by Gasteiger charge is -2.16. The third-order valence-electron chi connectivity index (χ3n) is 4.84. The van der Waals surface area contributed by atoms with Gasteiger partial charge >= 0.3 is 7.12 Å². The Hall–Kier alpha value is -2.62. The summed E-state index contributed by atoms with van der Waals surface area (Å²) in [7, 11) is -1.47. The van der Waals surface area contributed by atoms with Crippen molar-refractivity contribution in [2.75, 3.05) is 0 Å². The Kier molecular flexibility index (Phi) is 2.49. The molecule has 0 bridgehead atoms. The van der Waals surface area contributed by atoms with Gasteiger partial charge in [0.15, 0.2) is 0 Å². The Morgan fingerprint density at radius 2 is 1.17 bits per heavy atom. The zero-order valence-corrected chi connectivity index (χ0v) is 12.3. The molecule has 108 valence electrons. The minimum Gasteiger partial charge on any atom is -0.423 e. The maximum absolute atomic E-state index is 9.72. The van der Waals surface area contributed by atoms with Gasteiger partial charge in [0.25, 0.3) is 0 Å². The molecule has 23 heavy (non-hydrogen) atoms. The van der Waals surface area contributed by atoms with Crippen LogP contribution in [-0.4, -0.2) is 17.2 Å². The molecule has 0 spiro atoms. The molecule has 3 heteroatoms. The fourth-order valence-corrected chi connectivity index (χ4v) is 3.87. The van der Waals surface area contributed by atoms with E-state index >= 15 is 0 Å². The van der Waals surface area contributed by atoms with Gasteiger partial charge in [-0.25, -0.2) is 0 Å². The van der Waals surface area contributed by atoms with Gasteiger partial charge in [-0.15, -0.1) is 0 Å². The summed E-state index contributed by atoms with van der Waals surface area (Å²) in [5.74, 6) is 0. The number of benzene rings is 5. The maximum Gasteiger partial charge on any atom is 0.489 e. The molecule has 0 atom stereocenters. The van der Waals surface area contributed by atoms with Crippen molar-refractivity contribution in [2.45, 2.75) is 0 Å². The molecular weight excluding hydrogens is 283 g/mol. The minimum absolute atomic E-state index is 0.555. The van der Waals surface area contributed by atoms with E-state index in [2.05, 4.69) is 42.5 Å². The molecule has 0 aromatic heterocycles. The second-order valence-corrected chi connectivity index (χ2v) is 6.01. The Balaban J connectivity index is 2.21. The lowest BCUT2D eigenvalue weighted by Crippen LogP contribution is -2.30. The van der Waals surface area contributed by atoms with Crippen LogP contribution in [0.1, 0.15) is 0 Å². The first-order valence-electron chi connectivity index (χ1n) is 7.70. The maximum atomic E-state index is 9.72. The molecule has 0 aliphatic heterocycles. The van der Waals surface area contributed by atoms with Gasteiger partial charge in [-0.3, -0.25) is 0 Å². The first-order valence-corrected chi connectivity index (χ1v) is 7.70. The Bertz CT molecular complexity index is 1190. The van der Waals surface area contributed by atoms with E-state index in [0.29, 0.717) is 5.46 Å². The van der Waals surface area contributed by atoms with Crippen LogP contribution in [0.5, 0.6) is 0 Å². The summed E-state index contributed by atoms with van der Waals surface area (Å²) in [4.78, 5) is 0. The fourth-order valence-electron chi connectivity index (χ4n) is 3.87. The molecule has 0 heterocycles. The highest BCUT2D eigenvalue weighted by atomic mass is 16.4. The van der Waals surface area contributed by atoms with Gasteiger partial charge in [0.2, 0.25) is 0 Å². The molecule has 0 amide bonds. The lowest BCUT2D eigenvalue weighted by molar-refractivity contribution is 0.426. The zero-order chi connectivity index (χ0) is 15.6. The van der Waals surface area contributed by atoms with Gasteiger partial charge in [0.05, 0.1) is 0 Å². The third-order valence-corrected chi connectivity index (χ3v) is 4.84. The summed E-state index contributed by atoms with van der Waals surface area (Å²) in [5.41, 5.74) is 0.555. The highest BCUT2D eigenvalue weighted by Gasteiger charge is 2.19. The van der Waals surface area contributed by atoms with E-state index in [0.717, 1.165) is 16.2 Å². The molecule has 0 fully saturated rings. The van der Waals surface area contributed by atoms with Crippen molar-refractivity contribution in [1.82, 2.24) is 0 Å². The van der Waals surface area contributed by atoms with Crippen LogP contribution < -0.4 is 5.46 Å². The number of hydrogen-bond donors (Lipinski definition) is 2. The first-order chi connectivity index (χ1) is 11.3. The van der Waals surface area contributed by atoms with E-state index in [-0.39, 0.29) is 0 Å². The Morgan fingerprint density at radius 1 is 0.522 bits per heavy atom. The van der Waals surface area contributed by atoms with Crippen molar-refractivity contribution < 1.29 is 10.0 Å². The monoisotopic (exact) mass is 296 g/mol. The summed E-state index contributed by atoms with van der Waals surface area (Å²) in [6, 6.07) is 22.6. The Morgan fingerprint density at radius 3 is 1.91 bits per heavy atom. The van der Waals surface area contributed by atoms with Gasteiger partial charge in [-0.2, -0.15) is 0 Å². The molecule has 0 unspecified atom stereocenters. The van der Waals surface area contributed by atoms with E-state index < -0.39 is 7.12 Å². The van der Waals surface area contributed by atoms with Crippen LogP contribution in [0, 0.1) is 0 Å². The average Bonchev–Trinajstić information content (AvgIpc) is 2.60. The van der Waals surface area contributed by atoms with Crippen LogP contribution in [0.25, 0.3) is 43.1 Å². The van der Waals surface area contributed by atoms with Crippen LogP contribution in [-0.2, 0) is 0 Å². The van der Waals surface area contributed by atoms with Gasteiger partial charge in [-0.05, 0) is 48.6 Å². The quantitative estimate of drug-likeness (QED) is 0.283. The van der Waals surface area contributed by atoms with Crippen molar-refractivity contribution in [3.63, 3.8) is 0 Å². The van der Waals surface area contributed by atoms with Crippen molar-refractivity contribution in [3.8, 4) is 0 Å². The highest BCUT2D eigenvalue weighted by molar-refractivity contribution is 6.63. The fraction of sp³-hybridized carbons (Fsp3) is 0. The van der Waals surface area contributed by atoms with Gasteiger partial charge in [0.1, 0.15) is 0 Å². The van der Waals surface area contributed by atoms with Gasteiger partial charge in [-0.1, -0.05) is 66.7 Å². The normalized spacial score (nSPS) is 11.9. The molecule has 0 radical (unpaired) electrons. The van der Waals surface area contributed by atoms with E-state index in [9.17, 15) is 10.0 Å². The molecule has 5 aromatic carbocycles. The van der Waals surface area contributed by atoms with E-state index in [4.69, 9.17) is 0 Å². The van der Waals surface area contributed by atoms with Crippen molar-refractivity contribution in [3.05, 3.63) is 66.7 Å². The lowest BCUT2D eigenvalue weighted by atomic mass is 9.75. The first kappa shape index (κ1) is 12.9. The number of rotatable bonds is 1. The summed E-state index contributed by atoms with van der Waals surface area (Å²) in [6.07, 6.45) is 0. The third kappa shape index (κ3) is 1.61. The SMILES string of the molecule is OB(O)c1ccc2c3ccccc3c3cccc4ccc1c2c43. The molecule has 0 saturated heterocycles. The number of hydrogen-bond acceptors (Lipinski definition) is 2. The van der Waals surface area contributed by atoms with Crippen molar-refractivity contribution in [2.24, 2.45) is 0 Å². The summed E-state index contributed by atoms with van der Waals surface area (Å²) < 4.78 is 0. The largest absolute Gasteiger partial charge is 0.489 e.